The summed E-state index contributed by atoms with van der Waals surface area (Å²) in [5.41, 5.74) is 5.08. The van der Waals surface area contributed by atoms with Crippen LogP contribution in [0.4, 0.5) is 21.0 Å². The van der Waals surface area contributed by atoms with Gasteiger partial charge >= 0.3 is 18.2 Å². The molecule has 2 aromatic heterocycles. The van der Waals surface area contributed by atoms with Crippen LogP contribution in [0.3, 0.4) is 0 Å². The lowest BCUT2D eigenvalue weighted by atomic mass is 10.2. The number of aromatic nitrogens is 2. The molecule has 2 aromatic rings. The monoisotopic (exact) mass is 618 g/mol. The summed E-state index contributed by atoms with van der Waals surface area (Å²) in [6, 6.07) is 5.71. The molecule has 0 atom stereocenters. The molecule has 0 radical (unpaired) electrons. The predicted octanol–water partition coefficient (Wildman–Crippen LogP) is 3.68. The summed E-state index contributed by atoms with van der Waals surface area (Å²) in [6.45, 7) is 11.4. The molecule has 0 saturated heterocycles. The number of nitrogens with two attached hydrogens (primary N) is 1. The van der Waals surface area contributed by atoms with E-state index in [1.165, 1.54) is 31.4 Å². The van der Waals surface area contributed by atoms with Crippen LogP contribution >= 0.6 is 0 Å². The lowest BCUT2D eigenvalue weighted by Gasteiger charge is -2.19. The molecule has 15 nitrogen and oxygen atoms in total. The van der Waals surface area contributed by atoms with Crippen molar-refractivity contribution in [3.63, 3.8) is 0 Å². The van der Waals surface area contributed by atoms with Crippen LogP contribution in [0.15, 0.2) is 24.3 Å². The van der Waals surface area contributed by atoms with Gasteiger partial charge in [0.1, 0.15) is 22.6 Å². The molecular formula is C29H42N6O9. The highest BCUT2D eigenvalue weighted by Crippen LogP contribution is 2.25. The van der Waals surface area contributed by atoms with Gasteiger partial charge in [-0.25, -0.2) is 24.4 Å². The minimum absolute atomic E-state index is 0.00867. The first-order chi connectivity index (χ1) is 20.6. The summed E-state index contributed by atoms with van der Waals surface area (Å²) >= 11 is 0. The van der Waals surface area contributed by atoms with Crippen molar-refractivity contribution >= 4 is 35.4 Å². The molecule has 0 bridgehead atoms. The standard InChI is InChI=1S/C29H42N6O9/c1-28(2,3)43-26(38)31-14-8-16-41-23-18(30)10-11-19(34-23)22(36)33-20-12-13-21(25(37)40-7)35-24(20)42-17-9-15-32-27(39)44-29(4,5)6/h10-13H,8-9,14-17,30H2,1-7H3,(H,31,38)(H,32,39)(H,33,36). The molecular weight excluding hydrogens is 576 g/mol. The lowest BCUT2D eigenvalue weighted by molar-refractivity contribution is 0.0513. The number of carbonyl (C=O) groups excluding carboxylic acids is 4. The Bertz CT molecular complexity index is 1310. The number of anilines is 2. The number of nitrogens with one attached hydrogen (secondary N) is 3. The second kappa shape index (κ2) is 16.1. The van der Waals surface area contributed by atoms with Gasteiger partial charge in [-0.3, -0.25) is 4.79 Å². The van der Waals surface area contributed by atoms with Gasteiger partial charge in [0.15, 0.2) is 5.69 Å². The number of hydrogen-bond donors (Lipinski definition) is 4. The summed E-state index contributed by atoms with van der Waals surface area (Å²) in [5, 5.41) is 7.90. The number of rotatable bonds is 13. The van der Waals surface area contributed by atoms with Crippen LogP contribution in [0.25, 0.3) is 0 Å². The molecule has 0 fully saturated rings. The van der Waals surface area contributed by atoms with E-state index < -0.39 is 35.3 Å². The summed E-state index contributed by atoms with van der Waals surface area (Å²) in [7, 11) is 1.21. The van der Waals surface area contributed by atoms with Crippen LogP contribution in [0.5, 0.6) is 11.8 Å². The second-order valence-electron chi connectivity index (χ2n) is 11.3. The molecule has 0 aliphatic carbocycles. The molecule has 0 aliphatic rings. The van der Waals surface area contributed by atoms with Gasteiger partial charge in [-0.05, 0) is 78.6 Å². The van der Waals surface area contributed by atoms with E-state index in [1.54, 1.807) is 41.5 Å². The fraction of sp³-hybridized carbons (Fsp3) is 0.517. The topological polar surface area (TPSA) is 202 Å². The van der Waals surface area contributed by atoms with Gasteiger partial charge in [-0.1, -0.05) is 0 Å². The molecule has 5 N–H and O–H groups in total. The zero-order valence-corrected chi connectivity index (χ0v) is 26.2. The van der Waals surface area contributed by atoms with Gasteiger partial charge in [0.2, 0.25) is 11.8 Å². The fourth-order valence-electron chi connectivity index (χ4n) is 3.23. The van der Waals surface area contributed by atoms with Crippen molar-refractivity contribution in [1.82, 2.24) is 20.6 Å². The Labute approximate surface area is 256 Å². The van der Waals surface area contributed by atoms with Gasteiger partial charge in [0.05, 0.1) is 26.0 Å². The van der Waals surface area contributed by atoms with Crippen molar-refractivity contribution in [2.75, 3.05) is 44.5 Å². The molecule has 0 aliphatic heterocycles. The molecule has 2 rings (SSSR count). The van der Waals surface area contributed by atoms with Crippen molar-refractivity contribution < 1.29 is 42.9 Å². The van der Waals surface area contributed by atoms with Crippen molar-refractivity contribution in [2.24, 2.45) is 0 Å². The number of pyridine rings is 2. The third-order valence-electron chi connectivity index (χ3n) is 5.08. The Kier molecular flexibility index (Phi) is 13.0. The van der Waals surface area contributed by atoms with Gasteiger partial charge in [-0.15, -0.1) is 0 Å². The van der Waals surface area contributed by atoms with E-state index in [2.05, 4.69) is 25.9 Å². The zero-order chi connectivity index (χ0) is 32.9. The van der Waals surface area contributed by atoms with E-state index in [9.17, 15) is 19.2 Å². The number of nitrogens with zero attached hydrogens (tertiary/aromatic N) is 2. The number of methoxy groups -OCH3 is 1. The molecule has 242 valence electrons. The molecule has 0 aromatic carbocycles. The van der Waals surface area contributed by atoms with E-state index in [0.717, 1.165) is 0 Å². The Balaban J connectivity index is 2.01. The van der Waals surface area contributed by atoms with E-state index in [0.29, 0.717) is 19.4 Å². The molecule has 0 saturated carbocycles. The van der Waals surface area contributed by atoms with Crippen LogP contribution in [-0.4, -0.2) is 78.6 Å². The van der Waals surface area contributed by atoms with Crippen LogP contribution in [0.1, 0.15) is 75.4 Å². The number of esters is 1. The number of ether oxygens (including phenoxy) is 5. The first-order valence-corrected chi connectivity index (χ1v) is 13.9. The minimum atomic E-state index is -0.692. The first-order valence-electron chi connectivity index (χ1n) is 13.9. The summed E-state index contributed by atoms with van der Waals surface area (Å²) in [5.74, 6) is -1.31. The summed E-state index contributed by atoms with van der Waals surface area (Å²) < 4.78 is 26.4. The Morgan fingerprint density at radius 2 is 1.25 bits per heavy atom. The number of amides is 3. The van der Waals surface area contributed by atoms with E-state index >= 15 is 0 Å². The molecule has 3 amide bonds. The quantitative estimate of drug-likeness (QED) is 0.144. The predicted molar refractivity (Wildman–Crippen MR) is 161 cm³/mol. The minimum Gasteiger partial charge on any atom is -0.476 e. The lowest BCUT2D eigenvalue weighted by Crippen LogP contribution is -2.33. The summed E-state index contributed by atoms with van der Waals surface area (Å²) in [6.07, 6.45) is -0.287. The second-order valence-corrected chi connectivity index (χ2v) is 11.3. The van der Waals surface area contributed by atoms with E-state index in [1.807, 2.05) is 0 Å². The number of alkyl carbamates (subject to hydrolysis) is 2. The molecule has 44 heavy (non-hydrogen) atoms. The van der Waals surface area contributed by atoms with Gasteiger partial charge in [0, 0.05) is 13.1 Å². The van der Waals surface area contributed by atoms with Crippen LogP contribution < -0.4 is 31.2 Å². The molecule has 2 heterocycles. The maximum absolute atomic E-state index is 13.1. The van der Waals surface area contributed by atoms with E-state index in [-0.39, 0.29) is 54.3 Å². The third kappa shape index (κ3) is 13.0. The highest BCUT2D eigenvalue weighted by Gasteiger charge is 2.19. The van der Waals surface area contributed by atoms with Crippen molar-refractivity contribution in [3.8, 4) is 11.8 Å². The van der Waals surface area contributed by atoms with Crippen LogP contribution in [0, 0.1) is 0 Å². The third-order valence-corrected chi connectivity index (χ3v) is 5.08. The van der Waals surface area contributed by atoms with Crippen LogP contribution in [-0.2, 0) is 14.2 Å². The SMILES string of the molecule is COC(=O)c1ccc(NC(=O)c2ccc(N)c(OCCCNC(=O)OC(C)(C)C)n2)c(OCCCNC(=O)OC(C)(C)C)n1. The maximum Gasteiger partial charge on any atom is 0.407 e. The largest absolute Gasteiger partial charge is 0.476 e. The Morgan fingerprint density at radius 1 is 0.750 bits per heavy atom. The zero-order valence-electron chi connectivity index (χ0n) is 26.2. The van der Waals surface area contributed by atoms with E-state index in [4.69, 9.17) is 29.4 Å². The van der Waals surface area contributed by atoms with Crippen molar-refractivity contribution in [1.29, 1.82) is 0 Å². The number of nitrogen functional groups attached to an aromatic ring is 1. The Morgan fingerprint density at radius 3 is 1.77 bits per heavy atom. The smallest absolute Gasteiger partial charge is 0.407 e. The van der Waals surface area contributed by atoms with Gasteiger partial charge in [0.25, 0.3) is 5.91 Å². The average Bonchev–Trinajstić information content (AvgIpc) is 2.91. The molecule has 0 unspecified atom stereocenters. The van der Waals surface area contributed by atoms with Gasteiger partial charge in [-0.2, -0.15) is 0 Å². The maximum atomic E-state index is 13.1. The highest BCUT2D eigenvalue weighted by molar-refractivity contribution is 6.04. The average molecular weight is 619 g/mol. The number of hydrogen-bond acceptors (Lipinski definition) is 12. The highest BCUT2D eigenvalue weighted by atomic mass is 16.6. The summed E-state index contributed by atoms with van der Waals surface area (Å²) in [4.78, 5) is 57.0. The Hall–Kier alpha value is -4.82. The first kappa shape index (κ1) is 35.4. The van der Waals surface area contributed by atoms with Crippen molar-refractivity contribution in [3.05, 3.63) is 35.7 Å². The van der Waals surface area contributed by atoms with Crippen molar-refractivity contribution in [2.45, 2.75) is 65.6 Å². The normalized spacial score (nSPS) is 11.2. The number of carbonyl (C=O) groups is 4. The van der Waals surface area contributed by atoms with Crippen LogP contribution in [0.2, 0.25) is 0 Å². The van der Waals surface area contributed by atoms with Gasteiger partial charge < -0.3 is 45.4 Å². The molecule has 0 spiro atoms. The molecule has 15 heteroatoms. The fourth-order valence-corrected chi connectivity index (χ4v) is 3.23.